The number of nitrogens with one attached hydrogen (secondary N) is 2. The molecule has 3 aromatic rings. The lowest BCUT2D eigenvalue weighted by molar-refractivity contribution is 1.15. The third-order valence-electron chi connectivity index (χ3n) is 2.93. The molecule has 2 aromatic carbocycles. The van der Waals surface area contributed by atoms with Gasteiger partial charge in [-0.15, -0.1) is 0 Å². The van der Waals surface area contributed by atoms with Crippen molar-refractivity contribution in [2.24, 2.45) is 0 Å². The highest BCUT2D eigenvalue weighted by Crippen LogP contribution is 2.18. The normalized spacial score (nSPS) is 10.7. The average molecular weight is 238 g/mol. The second-order valence-corrected chi connectivity index (χ2v) is 4.19. The molecule has 0 saturated heterocycles. The molecule has 0 unspecified atom stereocenters. The number of aromatic amines is 1. The van der Waals surface area contributed by atoms with Crippen LogP contribution in [0.4, 0.5) is 11.4 Å². The summed E-state index contributed by atoms with van der Waals surface area (Å²) in [6.45, 7) is 0.739. The highest BCUT2D eigenvalue weighted by molar-refractivity contribution is 5.75. The van der Waals surface area contributed by atoms with Crippen LogP contribution in [0.5, 0.6) is 0 Å². The van der Waals surface area contributed by atoms with Crippen LogP contribution in [0.2, 0.25) is 0 Å². The van der Waals surface area contributed by atoms with Crippen LogP contribution in [-0.2, 0) is 6.54 Å². The lowest BCUT2D eigenvalue weighted by Gasteiger charge is -2.08. The Hall–Kier alpha value is -2.49. The first kappa shape index (κ1) is 10.7. The fourth-order valence-electron chi connectivity index (χ4n) is 1.95. The summed E-state index contributed by atoms with van der Waals surface area (Å²) in [5.74, 6) is 0. The van der Waals surface area contributed by atoms with E-state index in [1.807, 2.05) is 30.3 Å². The summed E-state index contributed by atoms with van der Waals surface area (Å²) >= 11 is 0. The van der Waals surface area contributed by atoms with Gasteiger partial charge in [-0.1, -0.05) is 18.2 Å². The summed E-state index contributed by atoms with van der Waals surface area (Å²) < 4.78 is 0. The van der Waals surface area contributed by atoms with Gasteiger partial charge in [-0.05, 0) is 29.8 Å². The van der Waals surface area contributed by atoms with E-state index in [0.717, 1.165) is 29.0 Å². The minimum Gasteiger partial charge on any atom is -0.397 e. The van der Waals surface area contributed by atoms with Crippen LogP contribution in [-0.4, -0.2) is 9.97 Å². The van der Waals surface area contributed by atoms with Crippen molar-refractivity contribution in [3.8, 4) is 0 Å². The van der Waals surface area contributed by atoms with Crippen LogP contribution in [0.3, 0.4) is 0 Å². The van der Waals surface area contributed by atoms with Gasteiger partial charge in [-0.2, -0.15) is 0 Å². The van der Waals surface area contributed by atoms with Crippen LogP contribution in [0.1, 0.15) is 5.56 Å². The molecule has 4 nitrogen and oxygen atoms in total. The van der Waals surface area contributed by atoms with Crippen molar-refractivity contribution in [2.75, 3.05) is 11.1 Å². The molecule has 0 radical (unpaired) electrons. The molecule has 0 amide bonds. The number of rotatable bonds is 3. The maximum atomic E-state index is 5.88. The Bertz CT molecular complexity index is 672. The van der Waals surface area contributed by atoms with Gasteiger partial charge in [0, 0.05) is 6.54 Å². The zero-order chi connectivity index (χ0) is 12.4. The molecule has 3 rings (SSSR count). The number of benzene rings is 2. The molecule has 0 atom stereocenters. The van der Waals surface area contributed by atoms with Crippen molar-refractivity contribution in [1.82, 2.24) is 9.97 Å². The molecule has 0 saturated carbocycles. The van der Waals surface area contributed by atoms with Gasteiger partial charge in [0.05, 0.1) is 28.7 Å². The van der Waals surface area contributed by atoms with E-state index in [9.17, 15) is 0 Å². The number of nitrogen functional groups attached to an aromatic ring is 1. The van der Waals surface area contributed by atoms with Gasteiger partial charge in [-0.25, -0.2) is 4.98 Å². The smallest absolute Gasteiger partial charge is 0.0931 e. The number of fused-ring (bicyclic) bond motifs is 1. The second kappa shape index (κ2) is 4.41. The number of nitrogens with two attached hydrogens (primary N) is 1. The Morgan fingerprint density at radius 1 is 1.17 bits per heavy atom. The number of hydrogen-bond acceptors (Lipinski definition) is 3. The monoisotopic (exact) mass is 238 g/mol. The van der Waals surface area contributed by atoms with Crippen LogP contribution < -0.4 is 11.1 Å². The van der Waals surface area contributed by atoms with Crippen molar-refractivity contribution in [3.63, 3.8) is 0 Å². The number of anilines is 2. The van der Waals surface area contributed by atoms with E-state index in [4.69, 9.17) is 5.73 Å². The summed E-state index contributed by atoms with van der Waals surface area (Å²) in [5.41, 5.74) is 10.8. The number of H-pyrrole nitrogens is 1. The van der Waals surface area contributed by atoms with Crippen LogP contribution in [0.25, 0.3) is 11.0 Å². The molecule has 18 heavy (non-hydrogen) atoms. The molecule has 0 aliphatic heterocycles. The fraction of sp³-hybridized carbons (Fsp3) is 0.0714. The Labute approximate surface area is 105 Å². The molecule has 1 heterocycles. The molecule has 0 aliphatic rings. The molecule has 0 spiro atoms. The highest BCUT2D eigenvalue weighted by Gasteiger charge is 2.00. The predicted octanol–water partition coefficient (Wildman–Crippen LogP) is 2.76. The maximum Gasteiger partial charge on any atom is 0.0931 e. The number of aromatic nitrogens is 2. The third kappa shape index (κ3) is 2.00. The molecular weight excluding hydrogens is 224 g/mol. The van der Waals surface area contributed by atoms with Crippen LogP contribution >= 0.6 is 0 Å². The molecule has 90 valence electrons. The van der Waals surface area contributed by atoms with Crippen molar-refractivity contribution in [3.05, 3.63) is 54.4 Å². The van der Waals surface area contributed by atoms with E-state index in [1.54, 1.807) is 6.33 Å². The lowest BCUT2D eigenvalue weighted by atomic mass is 10.2. The van der Waals surface area contributed by atoms with E-state index in [2.05, 4.69) is 27.4 Å². The summed E-state index contributed by atoms with van der Waals surface area (Å²) in [5, 5.41) is 3.33. The molecule has 0 aliphatic carbocycles. The number of imidazole rings is 1. The first-order valence-corrected chi connectivity index (χ1v) is 5.83. The Kier molecular flexibility index (Phi) is 2.61. The number of nitrogens with zero attached hydrogens (tertiary/aromatic N) is 1. The van der Waals surface area contributed by atoms with Gasteiger partial charge in [0.2, 0.25) is 0 Å². The Morgan fingerprint density at radius 2 is 2.06 bits per heavy atom. The zero-order valence-electron chi connectivity index (χ0n) is 9.85. The van der Waals surface area contributed by atoms with Gasteiger partial charge >= 0.3 is 0 Å². The lowest BCUT2D eigenvalue weighted by Crippen LogP contribution is -2.02. The highest BCUT2D eigenvalue weighted by atomic mass is 14.9. The quantitative estimate of drug-likeness (QED) is 0.615. The molecule has 1 aromatic heterocycles. The molecule has 0 fully saturated rings. The van der Waals surface area contributed by atoms with E-state index >= 15 is 0 Å². The topological polar surface area (TPSA) is 66.7 Å². The Balaban J connectivity index is 1.78. The van der Waals surface area contributed by atoms with Crippen LogP contribution in [0.15, 0.2) is 48.8 Å². The summed E-state index contributed by atoms with van der Waals surface area (Å²) in [6, 6.07) is 13.9. The van der Waals surface area contributed by atoms with Crippen molar-refractivity contribution in [2.45, 2.75) is 6.54 Å². The second-order valence-electron chi connectivity index (χ2n) is 4.19. The van der Waals surface area contributed by atoms with Gasteiger partial charge in [0.1, 0.15) is 0 Å². The number of para-hydroxylation sites is 2. The van der Waals surface area contributed by atoms with E-state index in [-0.39, 0.29) is 0 Å². The molecule has 4 heteroatoms. The zero-order valence-corrected chi connectivity index (χ0v) is 9.85. The minimum atomic E-state index is 0.739. The first-order valence-electron chi connectivity index (χ1n) is 5.83. The number of hydrogen-bond donors (Lipinski definition) is 3. The SMILES string of the molecule is Nc1ccccc1NCc1ccc2nc[nH]c2c1. The Morgan fingerprint density at radius 3 is 2.94 bits per heavy atom. The standard InChI is InChI=1S/C14H14N4/c15-11-3-1-2-4-12(11)16-8-10-5-6-13-14(7-10)18-9-17-13/h1-7,9,16H,8,15H2,(H,17,18). The van der Waals surface area contributed by atoms with Gasteiger partial charge in [-0.3, -0.25) is 0 Å². The summed E-state index contributed by atoms with van der Waals surface area (Å²) in [4.78, 5) is 7.30. The molecule has 0 bridgehead atoms. The van der Waals surface area contributed by atoms with E-state index < -0.39 is 0 Å². The molecule has 4 N–H and O–H groups in total. The summed E-state index contributed by atoms with van der Waals surface area (Å²) in [6.07, 6.45) is 1.71. The molecular formula is C14H14N4. The van der Waals surface area contributed by atoms with Crippen molar-refractivity contribution < 1.29 is 0 Å². The van der Waals surface area contributed by atoms with Crippen LogP contribution in [0, 0.1) is 0 Å². The largest absolute Gasteiger partial charge is 0.397 e. The third-order valence-corrected chi connectivity index (χ3v) is 2.93. The van der Waals surface area contributed by atoms with Gasteiger partial charge in [0.15, 0.2) is 0 Å². The maximum absolute atomic E-state index is 5.88. The predicted molar refractivity (Wildman–Crippen MR) is 74.3 cm³/mol. The average Bonchev–Trinajstić information content (AvgIpc) is 2.85. The van der Waals surface area contributed by atoms with E-state index in [1.165, 1.54) is 5.56 Å². The van der Waals surface area contributed by atoms with Crippen molar-refractivity contribution in [1.29, 1.82) is 0 Å². The van der Waals surface area contributed by atoms with Crippen molar-refractivity contribution >= 4 is 22.4 Å². The fourth-order valence-corrected chi connectivity index (χ4v) is 1.95. The van der Waals surface area contributed by atoms with Gasteiger partial charge < -0.3 is 16.0 Å². The first-order chi connectivity index (χ1) is 8.83. The minimum absolute atomic E-state index is 0.739. The summed E-state index contributed by atoms with van der Waals surface area (Å²) in [7, 11) is 0. The van der Waals surface area contributed by atoms with Gasteiger partial charge in [0.25, 0.3) is 0 Å². The van der Waals surface area contributed by atoms with E-state index in [0.29, 0.717) is 0 Å².